The Labute approximate surface area is 131 Å². The van der Waals surface area contributed by atoms with Crippen LogP contribution in [-0.4, -0.2) is 31.7 Å². The Morgan fingerprint density at radius 1 is 1.14 bits per heavy atom. The lowest BCUT2D eigenvalue weighted by Crippen LogP contribution is -2.43. The predicted octanol–water partition coefficient (Wildman–Crippen LogP) is 2.36. The van der Waals surface area contributed by atoms with Crippen molar-refractivity contribution in [2.75, 3.05) is 7.05 Å². The summed E-state index contributed by atoms with van der Waals surface area (Å²) in [6.45, 7) is 14.1. The maximum atomic E-state index is 12.1. The lowest BCUT2D eigenvalue weighted by molar-refractivity contribution is -0.134. The summed E-state index contributed by atoms with van der Waals surface area (Å²) in [4.78, 5) is 25.0. The molecule has 0 aliphatic rings. The van der Waals surface area contributed by atoms with E-state index in [9.17, 15) is 9.59 Å². The largest absolute Gasteiger partial charge is 0.399 e. The molecule has 0 aliphatic carbocycles. The van der Waals surface area contributed by atoms with Crippen LogP contribution in [0.4, 0.5) is 0 Å². The van der Waals surface area contributed by atoms with E-state index >= 15 is 0 Å². The Kier molecular flexibility index (Phi) is 6.52. The number of hydrogen-bond donors (Lipinski definition) is 1. The van der Waals surface area contributed by atoms with Crippen LogP contribution in [0.25, 0.3) is 0 Å². The maximum Gasteiger partial charge on any atom is 0.230 e. The minimum absolute atomic E-state index is 0.0989. The minimum atomic E-state index is -0.278. The number of amides is 2. The molecule has 0 aliphatic heterocycles. The first-order valence-electron chi connectivity index (χ1n) is 7.54. The highest BCUT2D eigenvalue weighted by Gasteiger charge is 2.40. The highest BCUT2D eigenvalue weighted by molar-refractivity contribution is 6.14. The summed E-state index contributed by atoms with van der Waals surface area (Å²) >= 11 is 0. The van der Waals surface area contributed by atoms with E-state index in [1.165, 1.54) is 0 Å². The molecule has 2 amide bonds. The van der Waals surface area contributed by atoms with Gasteiger partial charge in [-0.05, 0) is 30.2 Å². The van der Waals surface area contributed by atoms with Gasteiger partial charge in [0, 0.05) is 11.8 Å². The van der Waals surface area contributed by atoms with Crippen molar-refractivity contribution < 1.29 is 9.59 Å². The molecule has 2 N–H and O–H groups in total. The van der Waals surface area contributed by atoms with Gasteiger partial charge in [0.1, 0.15) is 0 Å². The lowest BCUT2D eigenvalue weighted by Gasteiger charge is -2.41. The topological polar surface area (TPSA) is 63.4 Å². The molecular weight excluding hydrogens is 263 g/mol. The molecule has 0 bridgehead atoms. The third-order valence-corrected chi connectivity index (χ3v) is 5.08. The number of nitrogens with zero attached hydrogens (tertiary/aromatic N) is 1. The quantitative estimate of drug-likeness (QED) is 0.764. The van der Waals surface area contributed by atoms with E-state index in [2.05, 4.69) is 6.92 Å². The van der Waals surface area contributed by atoms with E-state index in [0.29, 0.717) is 6.42 Å². The van der Waals surface area contributed by atoms with Crippen molar-refractivity contribution in [3.05, 3.63) is 0 Å². The second-order valence-electron chi connectivity index (χ2n) is 7.95. The first kappa shape index (κ1) is 20.0. The molecule has 0 rings (SSSR count). The predicted molar refractivity (Wildman–Crippen MR) is 87.4 cm³/mol. The monoisotopic (exact) mass is 294 g/mol. The Morgan fingerprint density at radius 2 is 1.57 bits per heavy atom. The SMILES string of the molecule is [B]N(C)C(=O)C(C)C(C)(C)C(C)CC(C(N)=O)C(C)(C)C. The fourth-order valence-electron chi connectivity index (χ4n) is 2.60. The number of carbonyl (C=O) groups is 2. The molecule has 3 unspecified atom stereocenters. The van der Waals surface area contributed by atoms with Gasteiger partial charge >= 0.3 is 0 Å². The van der Waals surface area contributed by atoms with Gasteiger partial charge in [-0.1, -0.05) is 48.5 Å². The first-order chi connectivity index (χ1) is 9.22. The van der Waals surface area contributed by atoms with Crippen LogP contribution >= 0.6 is 0 Å². The second kappa shape index (κ2) is 6.84. The highest BCUT2D eigenvalue weighted by Crippen LogP contribution is 2.42. The zero-order valence-corrected chi connectivity index (χ0v) is 14.9. The zero-order chi connectivity index (χ0) is 17.2. The van der Waals surface area contributed by atoms with E-state index in [1.807, 2.05) is 41.5 Å². The van der Waals surface area contributed by atoms with Gasteiger partial charge in [0.05, 0.1) is 0 Å². The smallest absolute Gasteiger partial charge is 0.230 e. The second-order valence-corrected chi connectivity index (χ2v) is 7.95. The molecule has 0 spiro atoms. The van der Waals surface area contributed by atoms with E-state index < -0.39 is 0 Å². The van der Waals surface area contributed by atoms with Gasteiger partial charge in [-0.15, -0.1) is 0 Å². The van der Waals surface area contributed by atoms with E-state index in [0.717, 1.165) is 4.81 Å². The van der Waals surface area contributed by atoms with Gasteiger partial charge in [-0.25, -0.2) is 0 Å². The van der Waals surface area contributed by atoms with Crippen LogP contribution in [0.3, 0.4) is 0 Å². The molecule has 0 aromatic carbocycles. The van der Waals surface area contributed by atoms with Gasteiger partial charge in [0.25, 0.3) is 0 Å². The molecule has 0 saturated heterocycles. The summed E-state index contributed by atoms with van der Waals surface area (Å²) < 4.78 is 0. The number of primary amides is 1. The summed E-state index contributed by atoms with van der Waals surface area (Å²) in [5.41, 5.74) is 5.10. The molecule has 3 atom stereocenters. The molecule has 0 aromatic heterocycles. The molecule has 0 fully saturated rings. The fraction of sp³-hybridized carbons (Fsp3) is 0.875. The summed E-state index contributed by atoms with van der Waals surface area (Å²) in [6.07, 6.45) is 0.664. The number of carbonyl (C=O) groups excluding carboxylic acids is 2. The maximum absolute atomic E-state index is 12.1. The van der Waals surface area contributed by atoms with Crippen LogP contribution in [0.2, 0.25) is 0 Å². The fourth-order valence-corrected chi connectivity index (χ4v) is 2.60. The van der Waals surface area contributed by atoms with Crippen LogP contribution in [0, 0.1) is 28.6 Å². The van der Waals surface area contributed by atoms with Crippen LogP contribution in [-0.2, 0) is 9.59 Å². The Bertz CT molecular complexity index is 386. The van der Waals surface area contributed by atoms with Gasteiger partial charge in [-0.2, -0.15) is 0 Å². The van der Waals surface area contributed by atoms with Gasteiger partial charge in [0.15, 0.2) is 0 Å². The normalized spacial score (nSPS) is 17.0. The molecule has 5 heteroatoms. The Hall–Kier alpha value is -0.995. The summed E-state index contributed by atoms with van der Waals surface area (Å²) in [6, 6.07) is 0. The average molecular weight is 294 g/mol. The Balaban J connectivity index is 5.18. The Morgan fingerprint density at radius 3 is 1.86 bits per heavy atom. The van der Waals surface area contributed by atoms with Crippen LogP contribution in [0.15, 0.2) is 0 Å². The standard InChI is InChI=1S/C16H31BN2O2/c1-10(9-12(13(18)20)15(3,4)5)16(6,7)11(2)14(21)19(8)17/h10-12H,9H2,1-8H3,(H2,18,20). The summed E-state index contributed by atoms with van der Waals surface area (Å²) in [7, 11) is 7.12. The average Bonchev–Trinajstić information content (AvgIpc) is 2.31. The van der Waals surface area contributed by atoms with E-state index in [4.69, 9.17) is 13.7 Å². The molecule has 0 aromatic rings. The van der Waals surface area contributed by atoms with Crippen LogP contribution in [0.5, 0.6) is 0 Å². The van der Waals surface area contributed by atoms with E-state index in [-0.39, 0.29) is 40.4 Å². The number of hydrogen-bond acceptors (Lipinski definition) is 2. The van der Waals surface area contributed by atoms with Crippen molar-refractivity contribution in [1.82, 2.24) is 4.81 Å². The van der Waals surface area contributed by atoms with Crippen molar-refractivity contribution in [1.29, 1.82) is 0 Å². The minimum Gasteiger partial charge on any atom is -0.399 e. The first-order valence-corrected chi connectivity index (χ1v) is 7.54. The summed E-state index contributed by atoms with van der Waals surface area (Å²) in [5, 5.41) is 0. The van der Waals surface area contributed by atoms with Gasteiger partial charge < -0.3 is 10.5 Å². The van der Waals surface area contributed by atoms with Gasteiger partial charge in [-0.3, -0.25) is 9.59 Å². The molecule has 21 heavy (non-hydrogen) atoms. The number of rotatable bonds is 6. The molecular formula is C16H31BN2O2. The van der Waals surface area contributed by atoms with Crippen molar-refractivity contribution in [2.24, 2.45) is 34.3 Å². The number of nitrogens with two attached hydrogens (primary N) is 1. The molecule has 4 nitrogen and oxygen atoms in total. The van der Waals surface area contributed by atoms with Crippen LogP contribution < -0.4 is 5.73 Å². The molecule has 0 saturated carbocycles. The van der Waals surface area contributed by atoms with Gasteiger partial charge in [0.2, 0.25) is 19.8 Å². The lowest BCUT2D eigenvalue weighted by atomic mass is 9.64. The molecule has 120 valence electrons. The third-order valence-electron chi connectivity index (χ3n) is 5.08. The van der Waals surface area contributed by atoms with Crippen molar-refractivity contribution in [3.63, 3.8) is 0 Å². The zero-order valence-electron chi connectivity index (χ0n) is 14.9. The van der Waals surface area contributed by atoms with Crippen molar-refractivity contribution in [3.8, 4) is 0 Å². The van der Waals surface area contributed by atoms with Crippen molar-refractivity contribution in [2.45, 2.75) is 54.9 Å². The molecule has 0 heterocycles. The molecule has 2 radical (unpaired) electrons. The van der Waals surface area contributed by atoms with Crippen LogP contribution in [0.1, 0.15) is 54.9 Å². The summed E-state index contributed by atoms with van der Waals surface area (Å²) in [5.74, 6) is -0.660. The van der Waals surface area contributed by atoms with Crippen molar-refractivity contribution >= 4 is 19.8 Å². The highest BCUT2D eigenvalue weighted by atomic mass is 16.2. The third kappa shape index (κ3) is 5.04. The van der Waals surface area contributed by atoms with E-state index in [1.54, 1.807) is 7.05 Å².